The first-order chi connectivity index (χ1) is 20.9. The highest BCUT2D eigenvalue weighted by Gasteiger charge is 2.54. The molecule has 3 heterocycles. The van der Waals surface area contributed by atoms with E-state index < -0.39 is 35.5 Å². The summed E-state index contributed by atoms with van der Waals surface area (Å²) in [7, 11) is 1.60. The minimum atomic E-state index is -1.53. The highest BCUT2D eigenvalue weighted by molar-refractivity contribution is 5.95. The van der Waals surface area contributed by atoms with E-state index >= 15 is 0 Å². The first-order valence-corrected chi connectivity index (χ1v) is 16.7. The lowest BCUT2D eigenvalue weighted by Gasteiger charge is -2.53. The molecular formula is C36H52O8. The maximum atomic E-state index is 14.0. The maximum absolute atomic E-state index is 14.0. The highest BCUT2D eigenvalue weighted by atomic mass is 16.7. The maximum Gasteiger partial charge on any atom is 0.316 e. The molecule has 0 radical (unpaired) electrons. The number of hydrogen-bond acceptors (Lipinski definition) is 8. The van der Waals surface area contributed by atoms with E-state index in [0.717, 1.165) is 31.3 Å². The summed E-state index contributed by atoms with van der Waals surface area (Å²) in [4.78, 5) is 27.0. The van der Waals surface area contributed by atoms with Crippen LogP contribution in [0.3, 0.4) is 0 Å². The van der Waals surface area contributed by atoms with Crippen molar-refractivity contribution in [3.05, 3.63) is 47.1 Å². The van der Waals surface area contributed by atoms with E-state index in [-0.39, 0.29) is 49.3 Å². The number of methoxy groups -OCH3 is 1. The number of fused-ring (bicyclic) bond motifs is 3. The Bertz CT molecular complexity index is 1190. The molecule has 44 heavy (non-hydrogen) atoms. The van der Waals surface area contributed by atoms with Crippen molar-refractivity contribution in [2.45, 2.75) is 140 Å². The van der Waals surface area contributed by atoms with Crippen LogP contribution in [-0.2, 0) is 28.5 Å². The van der Waals surface area contributed by atoms with Crippen LogP contribution in [0, 0.1) is 17.8 Å². The van der Waals surface area contributed by atoms with Crippen LogP contribution in [-0.4, -0.2) is 71.0 Å². The van der Waals surface area contributed by atoms with Crippen molar-refractivity contribution in [2.75, 3.05) is 7.11 Å². The second kappa shape index (κ2) is 13.7. The molecule has 2 saturated heterocycles. The average Bonchev–Trinajstić information content (AvgIpc) is 3.00. The number of ketones is 1. The van der Waals surface area contributed by atoms with Crippen LogP contribution in [0.2, 0.25) is 0 Å². The first-order valence-electron chi connectivity index (χ1n) is 16.7. The molecule has 2 N–H and O–H groups in total. The molecule has 5 aliphatic rings. The number of rotatable bonds is 2. The van der Waals surface area contributed by atoms with Gasteiger partial charge in [-0.25, -0.2) is 0 Å². The van der Waals surface area contributed by atoms with Crippen LogP contribution in [0.5, 0.6) is 0 Å². The Labute approximate surface area is 262 Å². The van der Waals surface area contributed by atoms with Crippen LogP contribution in [0.25, 0.3) is 0 Å². The zero-order valence-corrected chi connectivity index (χ0v) is 27.1. The minimum Gasteiger partial charge on any atom is -0.462 e. The molecule has 1 saturated carbocycles. The molecule has 0 amide bonds. The number of hydrogen-bond donors (Lipinski definition) is 2. The molecule has 8 heteroatoms. The van der Waals surface area contributed by atoms with E-state index in [4.69, 9.17) is 18.9 Å². The second-order valence-corrected chi connectivity index (χ2v) is 14.0. The van der Waals surface area contributed by atoms with Gasteiger partial charge in [0.2, 0.25) is 0 Å². The summed E-state index contributed by atoms with van der Waals surface area (Å²) in [5.74, 6) is -2.20. The fourth-order valence-corrected chi connectivity index (χ4v) is 8.05. The van der Waals surface area contributed by atoms with Crippen molar-refractivity contribution in [1.29, 1.82) is 0 Å². The Hall–Kier alpha value is -2.10. The standard InChI is InChI=1S/C36H52O8/c1-22-15-16-27-18-28(19-35(43-27)20-31(38)25(4)33(44-35)26-12-7-6-8-13-26)42-34(39)29-17-23(2)32(41-5)21-36(29,40)24(3)11-9-10-14-30(22)37/h9-11,15,17,25-29,31-33,38,40H,6-8,12-14,16,18-21H2,1-5H3/b10-9-,22-15-,24-11-/t25-,27+,28-,29-,31-,32-,33?,35-,36+/m0/s1. The third kappa shape index (κ3) is 7.00. The van der Waals surface area contributed by atoms with Crippen molar-refractivity contribution in [2.24, 2.45) is 17.8 Å². The number of aliphatic hydroxyl groups excluding tert-OH is 1. The molecule has 2 bridgehead atoms. The van der Waals surface area contributed by atoms with Gasteiger partial charge in [-0.1, -0.05) is 56.6 Å². The van der Waals surface area contributed by atoms with Crippen molar-refractivity contribution >= 4 is 11.8 Å². The number of Topliss-reactive ketones (excluding diaryl/α,β-unsaturated/α-hetero) is 1. The average molecular weight is 613 g/mol. The molecule has 5 rings (SSSR count). The Morgan fingerprint density at radius 1 is 1.00 bits per heavy atom. The highest BCUT2D eigenvalue weighted by Crippen LogP contribution is 2.47. The van der Waals surface area contributed by atoms with Gasteiger partial charge in [-0.15, -0.1) is 0 Å². The van der Waals surface area contributed by atoms with E-state index in [1.807, 2.05) is 19.9 Å². The Balaban J connectivity index is 1.50. The zero-order valence-electron chi connectivity index (χ0n) is 27.1. The van der Waals surface area contributed by atoms with Gasteiger partial charge in [0, 0.05) is 45.1 Å². The fourth-order valence-electron chi connectivity index (χ4n) is 8.05. The molecular weight excluding hydrogens is 560 g/mol. The summed E-state index contributed by atoms with van der Waals surface area (Å²) in [6.45, 7) is 7.58. The number of carbonyl (C=O) groups is 2. The van der Waals surface area contributed by atoms with Crippen LogP contribution < -0.4 is 0 Å². The van der Waals surface area contributed by atoms with Gasteiger partial charge in [0.25, 0.3) is 0 Å². The molecule has 3 fully saturated rings. The van der Waals surface area contributed by atoms with Gasteiger partial charge in [-0.2, -0.15) is 0 Å². The summed E-state index contributed by atoms with van der Waals surface area (Å²) >= 11 is 0. The number of allylic oxidation sites excluding steroid dienone is 4. The number of aliphatic hydroxyl groups is 2. The van der Waals surface area contributed by atoms with Gasteiger partial charge in [0.05, 0.1) is 24.4 Å². The molecule has 2 aliphatic carbocycles. The topological polar surface area (TPSA) is 112 Å². The predicted molar refractivity (Wildman–Crippen MR) is 166 cm³/mol. The molecule has 1 unspecified atom stereocenters. The predicted octanol–water partition coefficient (Wildman–Crippen LogP) is 5.66. The summed E-state index contributed by atoms with van der Waals surface area (Å²) in [6.07, 6.45) is 14.6. The van der Waals surface area contributed by atoms with Gasteiger partial charge in [0.1, 0.15) is 17.6 Å². The third-order valence-electron chi connectivity index (χ3n) is 10.9. The third-order valence-corrected chi connectivity index (χ3v) is 10.9. The summed E-state index contributed by atoms with van der Waals surface area (Å²) in [5.41, 5.74) is 0.581. The summed E-state index contributed by atoms with van der Waals surface area (Å²) in [6, 6.07) is 0. The van der Waals surface area contributed by atoms with Crippen molar-refractivity contribution < 1.29 is 38.7 Å². The lowest BCUT2D eigenvalue weighted by Crippen LogP contribution is -2.59. The van der Waals surface area contributed by atoms with Crippen LogP contribution in [0.1, 0.15) is 98.3 Å². The SMILES string of the molecule is CO[C@H]1C[C@@]2(O)/C(C)=C\C=C/CC(=O)/C(C)=C\C[C@@H]3C[C@@H](C[C@]4(C[C@H](O)[C@H](C)C(C5CCCCC5)O4)O3)OC(=O)[C@@H]2C=C1C. The Morgan fingerprint density at radius 2 is 1.75 bits per heavy atom. The second-order valence-electron chi connectivity index (χ2n) is 14.0. The lowest BCUT2D eigenvalue weighted by atomic mass is 9.71. The monoisotopic (exact) mass is 612 g/mol. The molecule has 9 atom stereocenters. The van der Waals surface area contributed by atoms with E-state index in [1.165, 1.54) is 6.42 Å². The minimum absolute atomic E-state index is 0.00989. The first kappa shape index (κ1) is 33.3. The number of ether oxygens (including phenoxy) is 4. The van der Waals surface area contributed by atoms with E-state index in [2.05, 4.69) is 6.92 Å². The Kier molecular flexibility index (Phi) is 10.4. The smallest absolute Gasteiger partial charge is 0.316 e. The van der Waals surface area contributed by atoms with Crippen molar-refractivity contribution in [1.82, 2.24) is 0 Å². The quantitative estimate of drug-likeness (QED) is 0.304. The number of esters is 1. The summed E-state index contributed by atoms with van der Waals surface area (Å²) in [5, 5.41) is 23.4. The molecule has 8 nitrogen and oxygen atoms in total. The van der Waals surface area contributed by atoms with Gasteiger partial charge >= 0.3 is 5.97 Å². The van der Waals surface area contributed by atoms with Crippen LogP contribution in [0.15, 0.2) is 47.1 Å². The van der Waals surface area contributed by atoms with E-state index in [1.54, 1.807) is 38.3 Å². The van der Waals surface area contributed by atoms with Crippen molar-refractivity contribution in [3.63, 3.8) is 0 Å². The number of carbonyl (C=O) groups excluding carboxylic acids is 2. The van der Waals surface area contributed by atoms with Crippen LogP contribution >= 0.6 is 0 Å². The van der Waals surface area contributed by atoms with E-state index in [9.17, 15) is 19.8 Å². The molecule has 0 aromatic heterocycles. The molecule has 3 aliphatic heterocycles. The van der Waals surface area contributed by atoms with Crippen molar-refractivity contribution in [3.8, 4) is 0 Å². The van der Waals surface area contributed by atoms with E-state index in [0.29, 0.717) is 36.3 Å². The summed E-state index contributed by atoms with van der Waals surface area (Å²) < 4.78 is 25.5. The normalized spacial score (nSPS) is 44.4. The fraction of sp³-hybridized carbons (Fsp3) is 0.722. The molecule has 0 aromatic rings. The van der Waals surface area contributed by atoms with Gasteiger partial charge in [0.15, 0.2) is 11.6 Å². The van der Waals surface area contributed by atoms with Gasteiger partial charge < -0.3 is 29.2 Å². The van der Waals surface area contributed by atoms with Gasteiger partial charge in [-0.3, -0.25) is 9.59 Å². The molecule has 0 aromatic carbocycles. The van der Waals surface area contributed by atoms with Crippen LogP contribution in [0.4, 0.5) is 0 Å². The lowest BCUT2D eigenvalue weighted by molar-refractivity contribution is -0.355. The largest absolute Gasteiger partial charge is 0.462 e. The van der Waals surface area contributed by atoms with Gasteiger partial charge in [-0.05, 0) is 62.7 Å². The molecule has 1 spiro atoms. The Morgan fingerprint density at radius 3 is 2.48 bits per heavy atom. The molecule has 244 valence electrons. The zero-order chi connectivity index (χ0) is 31.6.